The highest BCUT2D eigenvalue weighted by Crippen LogP contribution is 2.28. The molecule has 3 rings (SSSR count). The molecule has 0 fully saturated rings. The Labute approximate surface area is 152 Å². The number of hydrogen-bond donors (Lipinski definition) is 3. The van der Waals surface area contributed by atoms with Gasteiger partial charge >= 0.3 is 0 Å². The third-order valence-corrected chi connectivity index (χ3v) is 3.70. The van der Waals surface area contributed by atoms with Crippen LogP contribution in [-0.2, 0) is 0 Å². The van der Waals surface area contributed by atoms with E-state index in [1.807, 2.05) is 49.4 Å². The number of nitrogens with zero attached hydrogens (tertiary/aromatic N) is 3. The summed E-state index contributed by atoms with van der Waals surface area (Å²) in [6, 6.07) is 13.1. The summed E-state index contributed by atoms with van der Waals surface area (Å²) in [5.41, 5.74) is 2.39. The monoisotopic (exact) mass is 351 g/mol. The molecule has 3 N–H and O–H groups in total. The molecule has 134 valence electrons. The van der Waals surface area contributed by atoms with Gasteiger partial charge in [-0.15, -0.1) is 0 Å². The van der Waals surface area contributed by atoms with E-state index in [-0.39, 0.29) is 12.6 Å². The van der Waals surface area contributed by atoms with Crippen LogP contribution >= 0.6 is 0 Å². The molecule has 0 amide bonds. The van der Waals surface area contributed by atoms with E-state index >= 15 is 0 Å². The lowest BCUT2D eigenvalue weighted by molar-refractivity contribution is 0.281. The summed E-state index contributed by atoms with van der Waals surface area (Å²) in [6.45, 7) is 1.84. The Morgan fingerprint density at radius 3 is 2.73 bits per heavy atom. The molecule has 0 radical (unpaired) electrons. The maximum atomic E-state index is 9.30. The minimum absolute atomic E-state index is 0.0181. The SMILES string of the molecule is COc1ccccc1Nc1cc(-c2cccnc2)nc(N[C@H](C)CO)n1. The number of hydrogen-bond acceptors (Lipinski definition) is 7. The van der Waals surface area contributed by atoms with E-state index in [1.165, 1.54) is 0 Å². The first-order chi connectivity index (χ1) is 12.7. The average molecular weight is 351 g/mol. The predicted octanol–water partition coefficient (Wildman–Crippen LogP) is 3.08. The lowest BCUT2D eigenvalue weighted by Crippen LogP contribution is -2.21. The van der Waals surface area contributed by atoms with Crippen molar-refractivity contribution in [3.63, 3.8) is 0 Å². The van der Waals surface area contributed by atoms with Crippen LogP contribution in [0.4, 0.5) is 17.5 Å². The second-order valence-corrected chi connectivity index (χ2v) is 5.76. The summed E-state index contributed by atoms with van der Waals surface area (Å²) < 4.78 is 5.38. The summed E-state index contributed by atoms with van der Waals surface area (Å²) in [7, 11) is 1.62. The molecule has 0 aliphatic carbocycles. The second-order valence-electron chi connectivity index (χ2n) is 5.76. The van der Waals surface area contributed by atoms with Crippen molar-refractivity contribution in [2.24, 2.45) is 0 Å². The number of para-hydroxylation sites is 2. The summed E-state index contributed by atoms with van der Waals surface area (Å²) in [5.74, 6) is 1.74. The molecule has 0 aliphatic heterocycles. The molecule has 2 heterocycles. The van der Waals surface area contributed by atoms with Crippen LogP contribution in [0.3, 0.4) is 0 Å². The van der Waals surface area contributed by atoms with Crippen LogP contribution in [0.15, 0.2) is 54.9 Å². The minimum Gasteiger partial charge on any atom is -0.495 e. The molecule has 2 aromatic heterocycles. The molecule has 1 atom stereocenters. The third kappa shape index (κ3) is 4.25. The lowest BCUT2D eigenvalue weighted by atomic mass is 10.2. The number of aromatic nitrogens is 3. The molecule has 0 saturated heterocycles. The van der Waals surface area contributed by atoms with E-state index in [0.717, 1.165) is 16.9 Å². The fourth-order valence-corrected chi connectivity index (χ4v) is 2.39. The number of aliphatic hydroxyl groups excluding tert-OH is 1. The van der Waals surface area contributed by atoms with E-state index in [2.05, 4.69) is 25.6 Å². The first-order valence-electron chi connectivity index (χ1n) is 8.26. The molecule has 0 bridgehead atoms. The van der Waals surface area contributed by atoms with Crippen LogP contribution in [0.1, 0.15) is 6.92 Å². The Kier molecular flexibility index (Phi) is 5.60. The predicted molar refractivity (Wildman–Crippen MR) is 102 cm³/mol. The van der Waals surface area contributed by atoms with E-state index in [1.54, 1.807) is 19.5 Å². The quantitative estimate of drug-likeness (QED) is 0.602. The van der Waals surface area contributed by atoms with Gasteiger partial charge in [-0.3, -0.25) is 4.98 Å². The standard InChI is InChI=1S/C19H21N5O2/c1-13(12-25)21-19-23-16(14-6-5-9-20-11-14)10-18(24-19)22-15-7-3-4-8-17(15)26-2/h3-11,13,25H,12H2,1-2H3,(H2,21,22,23,24)/t13-/m1/s1. The van der Waals surface area contributed by atoms with Crippen molar-refractivity contribution in [3.8, 4) is 17.0 Å². The number of rotatable bonds is 7. The molecule has 0 aliphatic rings. The van der Waals surface area contributed by atoms with Crippen molar-refractivity contribution in [3.05, 3.63) is 54.9 Å². The number of nitrogens with one attached hydrogen (secondary N) is 2. The first kappa shape index (κ1) is 17.6. The van der Waals surface area contributed by atoms with Crippen molar-refractivity contribution in [1.29, 1.82) is 0 Å². The van der Waals surface area contributed by atoms with Crippen LogP contribution in [0.25, 0.3) is 11.3 Å². The van der Waals surface area contributed by atoms with Gasteiger partial charge in [-0.05, 0) is 31.2 Å². The van der Waals surface area contributed by atoms with Crippen LogP contribution in [-0.4, -0.2) is 39.8 Å². The smallest absolute Gasteiger partial charge is 0.225 e. The maximum absolute atomic E-state index is 9.30. The summed E-state index contributed by atoms with van der Waals surface area (Å²) in [5, 5.41) is 15.7. The molecule has 0 saturated carbocycles. The zero-order chi connectivity index (χ0) is 18.4. The van der Waals surface area contributed by atoms with E-state index in [9.17, 15) is 5.11 Å². The number of anilines is 3. The number of methoxy groups -OCH3 is 1. The fraction of sp³-hybridized carbons (Fsp3) is 0.211. The van der Waals surface area contributed by atoms with Gasteiger partial charge < -0.3 is 20.5 Å². The topological polar surface area (TPSA) is 92.2 Å². The number of ether oxygens (including phenoxy) is 1. The van der Waals surface area contributed by atoms with Gasteiger partial charge in [0.05, 0.1) is 25.1 Å². The van der Waals surface area contributed by atoms with Gasteiger partial charge in [0.1, 0.15) is 11.6 Å². The van der Waals surface area contributed by atoms with E-state index < -0.39 is 0 Å². The summed E-state index contributed by atoms with van der Waals surface area (Å²) in [4.78, 5) is 13.2. The normalized spacial score (nSPS) is 11.7. The minimum atomic E-state index is -0.168. The summed E-state index contributed by atoms with van der Waals surface area (Å²) in [6.07, 6.45) is 3.46. The lowest BCUT2D eigenvalue weighted by Gasteiger charge is -2.15. The zero-order valence-corrected chi connectivity index (χ0v) is 14.7. The van der Waals surface area contributed by atoms with Crippen molar-refractivity contribution >= 4 is 17.5 Å². The third-order valence-electron chi connectivity index (χ3n) is 3.70. The Bertz CT molecular complexity index is 858. The number of pyridine rings is 1. The Balaban J connectivity index is 1.99. The number of benzene rings is 1. The molecular weight excluding hydrogens is 330 g/mol. The van der Waals surface area contributed by atoms with Gasteiger partial charge in [0.2, 0.25) is 5.95 Å². The average Bonchev–Trinajstić information content (AvgIpc) is 2.69. The Morgan fingerprint density at radius 1 is 1.15 bits per heavy atom. The van der Waals surface area contributed by atoms with Gasteiger partial charge in [-0.25, -0.2) is 4.98 Å². The molecule has 3 aromatic rings. The van der Waals surface area contributed by atoms with E-state index in [0.29, 0.717) is 17.5 Å². The molecule has 7 heteroatoms. The van der Waals surface area contributed by atoms with Gasteiger partial charge in [-0.1, -0.05) is 12.1 Å². The zero-order valence-electron chi connectivity index (χ0n) is 14.7. The van der Waals surface area contributed by atoms with Crippen LogP contribution < -0.4 is 15.4 Å². The van der Waals surface area contributed by atoms with Gasteiger partial charge in [0.25, 0.3) is 0 Å². The Hall–Kier alpha value is -3.19. The first-order valence-corrected chi connectivity index (χ1v) is 8.26. The van der Waals surface area contributed by atoms with Crippen molar-refractivity contribution < 1.29 is 9.84 Å². The largest absolute Gasteiger partial charge is 0.495 e. The molecule has 0 unspecified atom stereocenters. The second kappa shape index (κ2) is 8.26. The molecular formula is C19H21N5O2. The summed E-state index contributed by atoms with van der Waals surface area (Å²) >= 11 is 0. The van der Waals surface area contributed by atoms with Crippen LogP contribution in [0.5, 0.6) is 5.75 Å². The van der Waals surface area contributed by atoms with Gasteiger partial charge in [0.15, 0.2) is 0 Å². The highest BCUT2D eigenvalue weighted by atomic mass is 16.5. The highest BCUT2D eigenvalue weighted by Gasteiger charge is 2.11. The van der Waals surface area contributed by atoms with Crippen molar-refractivity contribution in [2.45, 2.75) is 13.0 Å². The van der Waals surface area contributed by atoms with E-state index in [4.69, 9.17) is 4.74 Å². The Morgan fingerprint density at radius 2 is 2.00 bits per heavy atom. The molecule has 0 spiro atoms. The van der Waals surface area contributed by atoms with Crippen LogP contribution in [0, 0.1) is 0 Å². The molecule has 7 nitrogen and oxygen atoms in total. The van der Waals surface area contributed by atoms with Crippen molar-refractivity contribution in [1.82, 2.24) is 15.0 Å². The molecule has 26 heavy (non-hydrogen) atoms. The highest BCUT2D eigenvalue weighted by molar-refractivity contribution is 5.69. The number of aliphatic hydroxyl groups is 1. The fourth-order valence-electron chi connectivity index (χ4n) is 2.39. The maximum Gasteiger partial charge on any atom is 0.225 e. The van der Waals surface area contributed by atoms with Gasteiger partial charge in [0, 0.05) is 30.1 Å². The van der Waals surface area contributed by atoms with Gasteiger partial charge in [-0.2, -0.15) is 4.98 Å². The van der Waals surface area contributed by atoms with Crippen molar-refractivity contribution in [2.75, 3.05) is 24.4 Å². The molecule has 1 aromatic carbocycles. The van der Waals surface area contributed by atoms with Crippen LogP contribution in [0.2, 0.25) is 0 Å².